The van der Waals surface area contributed by atoms with Gasteiger partial charge in [0.15, 0.2) is 5.82 Å². The molecule has 0 aliphatic carbocycles. The molecule has 27 heavy (non-hydrogen) atoms. The number of aromatic nitrogens is 3. The highest BCUT2D eigenvalue weighted by molar-refractivity contribution is 6.31. The van der Waals surface area contributed by atoms with Crippen molar-refractivity contribution in [1.82, 2.24) is 15.1 Å². The molecule has 1 aromatic carbocycles. The van der Waals surface area contributed by atoms with Crippen molar-refractivity contribution in [3.05, 3.63) is 59.0 Å². The van der Waals surface area contributed by atoms with Gasteiger partial charge < -0.3 is 14.6 Å². The van der Waals surface area contributed by atoms with Crippen molar-refractivity contribution in [2.45, 2.75) is 25.2 Å². The van der Waals surface area contributed by atoms with Crippen LogP contribution in [0.3, 0.4) is 0 Å². The molecule has 0 bridgehead atoms. The fraction of sp³-hybridized carbons (Fsp3) is 0.350. The number of hydrogen-bond acceptors (Lipinski definition) is 6. The van der Waals surface area contributed by atoms with E-state index in [-0.39, 0.29) is 5.41 Å². The van der Waals surface area contributed by atoms with Gasteiger partial charge in [0.2, 0.25) is 0 Å². The van der Waals surface area contributed by atoms with Crippen molar-refractivity contribution in [2.24, 2.45) is 0 Å². The third-order valence-corrected chi connectivity index (χ3v) is 5.38. The Balaban J connectivity index is 1.64. The third-order valence-electron chi connectivity index (χ3n) is 5.06. The summed E-state index contributed by atoms with van der Waals surface area (Å²) in [6.45, 7) is 3.91. The number of nitrogens with zero attached hydrogens (tertiary/aromatic N) is 3. The lowest BCUT2D eigenvalue weighted by molar-refractivity contribution is 0.0544. The number of rotatable bonds is 5. The van der Waals surface area contributed by atoms with Gasteiger partial charge in [0.1, 0.15) is 5.82 Å². The van der Waals surface area contributed by atoms with Crippen LogP contribution in [0.5, 0.6) is 0 Å². The van der Waals surface area contributed by atoms with Gasteiger partial charge in [-0.25, -0.2) is 4.98 Å². The zero-order valence-electron chi connectivity index (χ0n) is 15.1. The molecule has 0 atom stereocenters. The van der Waals surface area contributed by atoms with Gasteiger partial charge in [-0.15, -0.1) is 0 Å². The second-order valence-electron chi connectivity index (χ2n) is 6.77. The van der Waals surface area contributed by atoms with Gasteiger partial charge in [-0.3, -0.25) is 0 Å². The van der Waals surface area contributed by atoms with Gasteiger partial charge in [0, 0.05) is 36.4 Å². The summed E-state index contributed by atoms with van der Waals surface area (Å²) in [5.41, 5.74) is 1.82. The predicted octanol–water partition coefficient (Wildman–Crippen LogP) is 4.25. The minimum absolute atomic E-state index is 0.115. The third kappa shape index (κ3) is 3.68. The molecule has 4 rings (SSSR count). The second-order valence-corrected chi connectivity index (χ2v) is 7.18. The zero-order chi connectivity index (χ0) is 18.7. The summed E-state index contributed by atoms with van der Waals surface area (Å²) in [5.74, 6) is 1.78. The van der Waals surface area contributed by atoms with Gasteiger partial charge in [0.05, 0.1) is 5.56 Å². The van der Waals surface area contributed by atoms with E-state index in [1.54, 1.807) is 13.1 Å². The van der Waals surface area contributed by atoms with Gasteiger partial charge in [-0.1, -0.05) is 35.0 Å². The number of pyridine rings is 1. The molecule has 0 amide bonds. The maximum Gasteiger partial charge on any atom is 0.261 e. The lowest BCUT2D eigenvalue weighted by Crippen LogP contribution is -2.40. The number of anilines is 1. The van der Waals surface area contributed by atoms with Crippen LogP contribution in [0, 0.1) is 6.92 Å². The van der Waals surface area contributed by atoms with E-state index in [4.69, 9.17) is 20.9 Å². The molecule has 6 nitrogen and oxygen atoms in total. The molecule has 3 aromatic rings. The molecule has 0 unspecified atom stereocenters. The number of nitrogens with one attached hydrogen (secondary N) is 1. The molecule has 1 aliphatic rings. The van der Waals surface area contributed by atoms with Crippen LogP contribution in [0.1, 0.15) is 24.2 Å². The van der Waals surface area contributed by atoms with Crippen molar-refractivity contribution in [2.75, 3.05) is 25.1 Å². The van der Waals surface area contributed by atoms with Gasteiger partial charge in [0.25, 0.3) is 5.89 Å². The van der Waals surface area contributed by atoms with Crippen LogP contribution in [-0.4, -0.2) is 34.9 Å². The topological polar surface area (TPSA) is 73.1 Å². The molecule has 0 radical (unpaired) electrons. The first kappa shape index (κ1) is 17.9. The Morgan fingerprint density at radius 3 is 2.70 bits per heavy atom. The molecule has 1 fully saturated rings. The van der Waals surface area contributed by atoms with Crippen molar-refractivity contribution in [3.63, 3.8) is 0 Å². The first-order valence-electron chi connectivity index (χ1n) is 9.00. The van der Waals surface area contributed by atoms with E-state index in [2.05, 4.69) is 26.5 Å². The maximum atomic E-state index is 6.54. The standard InChI is InChI=1S/C20H21ClN4O2/c1-14-24-19(27-25-14)15-5-4-10-22-18(15)23-13-20(8-11-26-12-9-20)16-6-2-3-7-17(16)21/h2-7,10H,8-9,11-13H2,1H3,(H,22,23). The molecule has 1 aliphatic heterocycles. The number of aryl methyl sites for hydroxylation is 1. The Kier molecular flexibility index (Phi) is 5.09. The van der Waals surface area contributed by atoms with Crippen molar-refractivity contribution in [3.8, 4) is 11.5 Å². The number of benzene rings is 1. The Bertz CT molecular complexity index is 922. The van der Waals surface area contributed by atoms with Crippen molar-refractivity contribution in [1.29, 1.82) is 0 Å². The quantitative estimate of drug-likeness (QED) is 0.708. The summed E-state index contributed by atoms with van der Waals surface area (Å²) in [6, 6.07) is 11.8. The zero-order valence-corrected chi connectivity index (χ0v) is 15.9. The molecule has 1 saturated heterocycles. The number of hydrogen-bond donors (Lipinski definition) is 1. The molecular weight excluding hydrogens is 364 g/mol. The minimum Gasteiger partial charge on any atom is -0.381 e. The van der Waals surface area contributed by atoms with Crippen LogP contribution in [0.25, 0.3) is 11.5 Å². The molecule has 0 saturated carbocycles. The van der Waals surface area contributed by atoms with E-state index in [9.17, 15) is 0 Å². The minimum atomic E-state index is -0.115. The highest BCUT2D eigenvalue weighted by Gasteiger charge is 2.36. The van der Waals surface area contributed by atoms with Gasteiger partial charge >= 0.3 is 0 Å². The average Bonchev–Trinajstić information content (AvgIpc) is 3.14. The van der Waals surface area contributed by atoms with Crippen LogP contribution in [0.2, 0.25) is 5.02 Å². The van der Waals surface area contributed by atoms with Crippen molar-refractivity contribution < 1.29 is 9.26 Å². The summed E-state index contributed by atoms with van der Waals surface area (Å²) in [6.07, 6.45) is 3.54. The highest BCUT2D eigenvalue weighted by Crippen LogP contribution is 2.39. The highest BCUT2D eigenvalue weighted by atomic mass is 35.5. The summed E-state index contributed by atoms with van der Waals surface area (Å²) in [4.78, 5) is 8.82. The first-order chi connectivity index (χ1) is 13.2. The monoisotopic (exact) mass is 384 g/mol. The van der Waals surface area contributed by atoms with Crippen LogP contribution in [0.15, 0.2) is 47.1 Å². The Morgan fingerprint density at radius 2 is 1.96 bits per heavy atom. The van der Waals surface area contributed by atoms with E-state index in [0.29, 0.717) is 31.5 Å². The van der Waals surface area contributed by atoms with Gasteiger partial charge in [-0.05, 0) is 43.5 Å². The largest absolute Gasteiger partial charge is 0.381 e. The normalized spacial score (nSPS) is 16.2. The average molecular weight is 385 g/mol. The van der Waals surface area contributed by atoms with Crippen LogP contribution < -0.4 is 5.32 Å². The molecule has 0 spiro atoms. The van der Waals surface area contributed by atoms with E-state index in [1.807, 2.05) is 30.3 Å². The SMILES string of the molecule is Cc1noc(-c2cccnc2NCC2(c3ccccc3Cl)CCOCC2)n1. The smallest absolute Gasteiger partial charge is 0.261 e. The summed E-state index contributed by atoms with van der Waals surface area (Å²) < 4.78 is 10.9. The van der Waals surface area contributed by atoms with Crippen molar-refractivity contribution >= 4 is 17.4 Å². The fourth-order valence-electron chi connectivity index (χ4n) is 3.57. The Labute approximate surface area is 162 Å². The lowest BCUT2D eigenvalue weighted by atomic mass is 9.74. The van der Waals surface area contributed by atoms with Crippen LogP contribution in [0.4, 0.5) is 5.82 Å². The molecule has 2 aromatic heterocycles. The molecule has 3 heterocycles. The van der Waals surface area contributed by atoms with E-state index >= 15 is 0 Å². The van der Waals surface area contributed by atoms with E-state index in [1.165, 1.54) is 0 Å². The van der Waals surface area contributed by atoms with Crippen LogP contribution >= 0.6 is 11.6 Å². The Hall–Kier alpha value is -2.44. The summed E-state index contributed by atoms with van der Waals surface area (Å²) >= 11 is 6.54. The predicted molar refractivity (Wildman–Crippen MR) is 104 cm³/mol. The first-order valence-corrected chi connectivity index (χ1v) is 9.38. The summed E-state index contributed by atoms with van der Waals surface area (Å²) in [5, 5.41) is 8.17. The van der Waals surface area contributed by atoms with Gasteiger partial charge in [-0.2, -0.15) is 4.98 Å². The van der Waals surface area contributed by atoms with Crippen LogP contribution in [-0.2, 0) is 10.2 Å². The molecule has 7 heteroatoms. The Morgan fingerprint density at radius 1 is 1.15 bits per heavy atom. The molecular formula is C20H21ClN4O2. The number of halogens is 1. The van der Waals surface area contributed by atoms with E-state index in [0.717, 1.165) is 34.8 Å². The summed E-state index contributed by atoms with van der Waals surface area (Å²) in [7, 11) is 0. The van der Waals surface area contributed by atoms with E-state index < -0.39 is 0 Å². The number of ether oxygens (including phenoxy) is 1. The molecule has 1 N–H and O–H groups in total. The lowest BCUT2D eigenvalue weighted by Gasteiger charge is -2.38. The second kappa shape index (κ2) is 7.66. The molecule has 140 valence electrons. The fourth-order valence-corrected chi connectivity index (χ4v) is 3.91. The maximum absolute atomic E-state index is 6.54.